The van der Waals surface area contributed by atoms with Crippen LogP contribution in [0.2, 0.25) is 0 Å². The Kier molecular flexibility index (Phi) is 5.12. The lowest BCUT2D eigenvalue weighted by atomic mass is 9.67. The van der Waals surface area contributed by atoms with Crippen molar-refractivity contribution in [2.45, 2.75) is 44.2 Å². The summed E-state index contributed by atoms with van der Waals surface area (Å²) in [6, 6.07) is 14.7. The highest BCUT2D eigenvalue weighted by Gasteiger charge is 2.40. The predicted molar refractivity (Wildman–Crippen MR) is 100 cm³/mol. The minimum absolute atomic E-state index is 0. The van der Waals surface area contributed by atoms with Crippen LogP contribution in [-0.4, -0.2) is 18.0 Å². The molecule has 0 radical (unpaired) electrons. The van der Waals surface area contributed by atoms with Crippen LogP contribution in [-0.2, 0) is 0 Å². The molecule has 2 atom stereocenters. The molecule has 2 unspecified atom stereocenters. The summed E-state index contributed by atoms with van der Waals surface area (Å²) >= 11 is 0. The maximum atomic E-state index is 12.9. The average molecular weight is 345 g/mol. The van der Waals surface area contributed by atoms with Crippen molar-refractivity contribution in [1.29, 1.82) is 0 Å². The molecule has 0 heterocycles. The minimum Gasteiger partial charge on any atom is -0.349 e. The van der Waals surface area contributed by atoms with Crippen molar-refractivity contribution >= 4 is 29.1 Å². The van der Waals surface area contributed by atoms with Crippen molar-refractivity contribution < 1.29 is 4.79 Å². The van der Waals surface area contributed by atoms with E-state index in [-0.39, 0.29) is 18.3 Å². The van der Waals surface area contributed by atoms with E-state index in [0.29, 0.717) is 23.9 Å². The molecule has 24 heavy (non-hydrogen) atoms. The number of nitrogens with two attached hydrogens (primary N) is 1. The van der Waals surface area contributed by atoms with Gasteiger partial charge in [0.1, 0.15) is 0 Å². The molecule has 0 aromatic heterocycles. The van der Waals surface area contributed by atoms with Crippen LogP contribution in [0.5, 0.6) is 0 Å². The summed E-state index contributed by atoms with van der Waals surface area (Å²) in [6.07, 6.45) is 5.78. The van der Waals surface area contributed by atoms with Gasteiger partial charge >= 0.3 is 0 Å². The second kappa shape index (κ2) is 7.12. The fraction of sp³-hybridized carbons (Fsp3) is 0.450. The molecule has 0 spiro atoms. The lowest BCUT2D eigenvalue weighted by Crippen LogP contribution is -2.53. The Hall–Kier alpha value is -1.58. The summed E-state index contributed by atoms with van der Waals surface area (Å²) in [7, 11) is 0. The van der Waals surface area contributed by atoms with Gasteiger partial charge in [0.2, 0.25) is 0 Å². The zero-order valence-corrected chi connectivity index (χ0v) is 14.6. The van der Waals surface area contributed by atoms with E-state index in [2.05, 4.69) is 17.4 Å². The number of fused-ring (bicyclic) bond motifs is 3. The molecular weight excluding hydrogens is 320 g/mol. The molecule has 2 aliphatic rings. The first-order valence-electron chi connectivity index (χ1n) is 8.76. The topological polar surface area (TPSA) is 55.1 Å². The van der Waals surface area contributed by atoms with Crippen molar-refractivity contribution in [3.8, 4) is 0 Å². The molecule has 0 aliphatic heterocycles. The molecule has 2 saturated carbocycles. The number of amides is 1. The number of carbonyl (C=O) groups is 1. The van der Waals surface area contributed by atoms with Crippen LogP contribution in [0.25, 0.3) is 10.8 Å². The molecule has 1 amide bonds. The molecule has 4 heteroatoms. The molecule has 2 fully saturated rings. The van der Waals surface area contributed by atoms with E-state index < -0.39 is 0 Å². The highest BCUT2D eigenvalue weighted by atomic mass is 35.5. The lowest BCUT2D eigenvalue weighted by molar-refractivity contribution is 0.0757. The summed E-state index contributed by atoms with van der Waals surface area (Å²) in [6.45, 7) is 0. The molecule has 128 valence electrons. The molecule has 3 N–H and O–H groups in total. The Bertz CT molecular complexity index is 713. The second-order valence-corrected chi connectivity index (χ2v) is 7.21. The van der Waals surface area contributed by atoms with E-state index in [9.17, 15) is 4.79 Å². The van der Waals surface area contributed by atoms with Gasteiger partial charge in [0.15, 0.2) is 0 Å². The van der Waals surface area contributed by atoms with Crippen LogP contribution < -0.4 is 11.1 Å². The van der Waals surface area contributed by atoms with Gasteiger partial charge in [-0.15, -0.1) is 12.4 Å². The fourth-order valence-corrected chi connectivity index (χ4v) is 4.68. The van der Waals surface area contributed by atoms with Gasteiger partial charge in [-0.25, -0.2) is 0 Å². The van der Waals surface area contributed by atoms with Gasteiger partial charge in [-0.2, -0.15) is 0 Å². The normalized spacial score (nSPS) is 28.9. The number of hydrogen-bond acceptors (Lipinski definition) is 2. The smallest absolute Gasteiger partial charge is 0.252 e. The van der Waals surface area contributed by atoms with Gasteiger partial charge in [-0.05, 0) is 54.4 Å². The quantitative estimate of drug-likeness (QED) is 0.868. The highest BCUT2D eigenvalue weighted by Crippen LogP contribution is 2.39. The van der Waals surface area contributed by atoms with Crippen LogP contribution in [0.15, 0.2) is 42.5 Å². The second-order valence-electron chi connectivity index (χ2n) is 7.21. The van der Waals surface area contributed by atoms with Crippen molar-refractivity contribution in [1.82, 2.24) is 5.32 Å². The number of benzene rings is 2. The number of nitrogens with one attached hydrogen (secondary N) is 1. The van der Waals surface area contributed by atoms with Crippen LogP contribution in [0.3, 0.4) is 0 Å². The summed E-state index contributed by atoms with van der Waals surface area (Å²) < 4.78 is 0. The summed E-state index contributed by atoms with van der Waals surface area (Å²) in [5.74, 6) is 1.17. The van der Waals surface area contributed by atoms with E-state index >= 15 is 0 Å². The molecule has 2 aromatic carbocycles. The van der Waals surface area contributed by atoms with Crippen molar-refractivity contribution in [3.63, 3.8) is 0 Å². The third-order valence-electron chi connectivity index (χ3n) is 5.71. The SMILES string of the molecule is Cl.NC1CC2CCCC(C1)C2NC(=O)c1cccc2ccccc12. The standard InChI is InChI=1S/C20H24N2O.ClH/c21-16-11-14-7-3-8-15(12-16)19(14)22-20(23)18-10-4-6-13-5-1-2-9-17(13)18;/h1-2,4-6,9-10,14-16,19H,3,7-8,11-12,21H2,(H,22,23);1H. The van der Waals surface area contributed by atoms with Gasteiger partial charge in [0.05, 0.1) is 0 Å². The molecule has 0 saturated heterocycles. The number of halogens is 1. The summed E-state index contributed by atoms with van der Waals surface area (Å²) in [5, 5.41) is 5.50. The van der Waals surface area contributed by atoms with E-state index in [0.717, 1.165) is 29.2 Å². The molecule has 3 nitrogen and oxygen atoms in total. The zero-order chi connectivity index (χ0) is 15.8. The Morgan fingerprint density at radius 1 is 1.00 bits per heavy atom. The van der Waals surface area contributed by atoms with Crippen LogP contribution in [0, 0.1) is 11.8 Å². The molecule has 2 bridgehead atoms. The molecule has 4 rings (SSSR count). The Morgan fingerprint density at radius 3 is 2.42 bits per heavy atom. The first kappa shape index (κ1) is 17.2. The average Bonchev–Trinajstić information content (AvgIpc) is 2.55. The minimum atomic E-state index is 0. The highest BCUT2D eigenvalue weighted by molar-refractivity contribution is 6.07. The van der Waals surface area contributed by atoms with Gasteiger partial charge < -0.3 is 11.1 Å². The van der Waals surface area contributed by atoms with Crippen LogP contribution >= 0.6 is 12.4 Å². The molecule has 2 aliphatic carbocycles. The molecular formula is C20H25ClN2O. The summed E-state index contributed by atoms with van der Waals surface area (Å²) in [4.78, 5) is 12.9. The van der Waals surface area contributed by atoms with Gasteiger partial charge in [-0.1, -0.05) is 42.8 Å². The zero-order valence-electron chi connectivity index (χ0n) is 13.8. The van der Waals surface area contributed by atoms with Crippen molar-refractivity contribution in [2.75, 3.05) is 0 Å². The molecule has 2 aromatic rings. The van der Waals surface area contributed by atoms with E-state index in [1.54, 1.807) is 0 Å². The van der Waals surface area contributed by atoms with Crippen molar-refractivity contribution in [3.05, 3.63) is 48.0 Å². The first-order chi connectivity index (χ1) is 11.2. The third-order valence-corrected chi connectivity index (χ3v) is 5.71. The number of carbonyl (C=O) groups excluding carboxylic acids is 1. The van der Waals surface area contributed by atoms with Crippen molar-refractivity contribution in [2.24, 2.45) is 17.6 Å². The monoisotopic (exact) mass is 344 g/mol. The Balaban J connectivity index is 0.00000169. The Morgan fingerprint density at radius 2 is 1.67 bits per heavy atom. The summed E-state index contributed by atoms with van der Waals surface area (Å²) in [5.41, 5.74) is 6.98. The number of rotatable bonds is 2. The maximum Gasteiger partial charge on any atom is 0.252 e. The predicted octanol–water partition coefficient (Wildman–Crippen LogP) is 3.90. The number of hydrogen-bond donors (Lipinski definition) is 2. The van der Waals surface area contributed by atoms with E-state index in [1.807, 2.05) is 30.3 Å². The fourth-order valence-electron chi connectivity index (χ4n) is 4.68. The Labute approximate surface area is 149 Å². The maximum absolute atomic E-state index is 12.9. The first-order valence-corrected chi connectivity index (χ1v) is 8.76. The largest absolute Gasteiger partial charge is 0.349 e. The van der Waals surface area contributed by atoms with E-state index in [1.165, 1.54) is 19.3 Å². The van der Waals surface area contributed by atoms with Crippen LogP contribution in [0.1, 0.15) is 42.5 Å². The van der Waals surface area contributed by atoms with Gasteiger partial charge in [0.25, 0.3) is 5.91 Å². The van der Waals surface area contributed by atoms with Gasteiger partial charge in [0, 0.05) is 17.6 Å². The van der Waals surface area contributed by atoms with E-state index in [4.69, 9.17) is 5.73 Å². The van der Waals surface area contributed by atoms with Gasteiger partial charge in [-0.3, -0.25) is 4.79 Å². The lowest BCUT2D eigenvalue weighted by Gasteiger charge is -2.45. The van der Waals surface area contributed by atoms with Crippen LogP contribution in [0.4, 0.5) is 0 Å². The third kappa shape index (κ3) is 3.15.